The molecule has 124 valence electrons. The summed E-state index contributed by atoms with van der Waals surface area (Å²) >= 11 is 0. The molecule has 0 atom stereocenters. The van der Waals surface area contributed by atoms with E-state index in [1.165, 1.54) is 24.3 Å². The number of amides is 1. The van der Waals surface area contributed by atoms with Gasteiger partial charge >= 0.3 is 11.9 Å². The molecule has 0 aromatic heterocycles. The molecular weight excluding hydrogens is 318 g/mol. The van der Waals surface area contributed by atoms with Gasteiger partial charge in [-0.1, -0.05) is 12.1 Å². The molecule has 0 unspecified atom stereocenters. The average Bonchev–Trinajstić information content (AvgIpc) is 2.54. The van der Waals surface area contributed by atoms with E-state index in [0.29, 0.717) is 5.56 Å². The maximum Gasteiger partial charge on any atom is 0.339 e. The Labute approximate surface area is 135 Å². The number of carbonyl (C=O) groups excluding carboxylic acids is 1. The van der Waals surface area contributed by atoms with Crippen molar-refractivity contribution in [3.8, 4) is 11.5 Å². The first kappa shape index (κ1) is 16.8. The Bertz CT molecular complexity index is 812. The Kier molecular flexibility index (Phi) is 4.69. The summed E-state index contributed by atoms with van der Waals surface area (Å²) in [6, 6.07) is 7.55. The van der Waals surface area contributed by atoms with Gasteiger partial charge in [-0.05, 0) is 29.8 Å². The van der Waals surface area contributed by atoms with Crippen LogP contribution in [0.4, 0.5) is 0 Å². The van der Waals surface area contributed by atoms with Gasteiger partial charge in [-0.3, -0.25) is 4.79 Å². The number of nitrogens with one attached hydrogen (secondary N) is 1. The lowest BCUT2D eigenvalue weighted by molar-refractivity contribution is 0.0683. The molecule has 24 heavy (non-hydrogen) atoms. The van der Waals surface area contributed by atoms with Crippen LogP contribution < -0.4 is 5.32 Å². The molecule has 0 saturated heterocycles. The quantitative estimate of drug-likeness (QED) is 0.521. The molecule has 0 fully saturated rings. The van der Waals surface area contributed by atoms with E-state index in [0.717, 1.165) is 12.1 Å². The highest BCUT2D eigenvalue weighted by Crippen LogP contribution is 2.28. The van der Waals surface area contributed by atoms with Crippen molar-refractivity contribution in [2.24, 2.45) is 0 Å². The van der Waals surface area contributed by atoms with Crippen LogP contribution in [-0.4, -0.2) is 38.3 Å². The fraction of sp³-hybridized carbons (Fsp3) is 0.0625. The van der Waals surface area contributed by atoms with Gasteiger partial charge in [-0.2, -0.15) is 0 Å². The van der Waals surface area contributed by atoms with Crippen molar-refractivity contribution in [3.63, 3.8) is 0 Å². The molecule has 0 aliphatic carbocycles. The van der Waals surface area contributed by atoms with Crippen molar-refractivity contribution in [3.05, 3.63) is 58.7 Å². The zero-order chi connectivity index (χ0) is 17.9. The molecule has 2 aromatic carbocycles. The van der Waals surface area contributed by atoms with Gasteiger partial charge in [0.15, 0.2) is 0 Å². The van der Waals surface area contributed by atoms with Crippen molar-refractivity contribution in [1.29, 1.82) is 0 Å². The van der Waals surface area contributed by atoms with Crippen LogP contribution in [0.1, 0.15) is 36.6 Å². The van der Waals surface area contributed by atoms with Gasteiger partial charge in [-0.15, -0.1) is 0 Å². The molecule has 0 saturated carbocycles. The molecule has 0 spiro atoms. The summed E-state index contributed by atoms with van der Waals surface area (Å²) in [7, 11) is 0. The summed E-state index contributed by atoms with van der Waals surface area (Å²) in [5, 5.41) is 39.5. The fourth-order valence-corrected chi connectivity index (χ4v) is 2.00. The largest absolute Gasteiger partial charge is 0.508 e. The second kappa shape index (κ2) is 6.69. The van der Waals surface area contributed by atoms with E-state index < -0.39 is 34.9 Å². The topological polar surface area (TPSA) is 144 Å². The molecule has 0 radical (unpaired) electrons. The molecule has 1 amide bonds. The molecule has 0 bridgehead atoms. The molecule has 2 rings (SSSR count). The highest BCUT2D eigenvalue weighted by molar-refractivity contribution is 6.02. The van der Waals surface area contributed by atoms with Gasteiger partial charge in [0.2, 0.25) is 0 Å². The van der Waals surface area contributed by atoms with Crippen LogP contribution in [0.3, 0.4) is 0 Å². The molecule has 0 heterocycles. The highest BCUT2D eigenvalue weighted by Gasteiger charge is 2.20. The smallest absolute Gasteiger partial charge is 0.339 e. The lowest BCUT2D eigenvalue weighted by Crippen LogP contribution is -2.23. The lowest BCUT2D eigenvalue weighted by Gasteiger charge is -2.09. The summed E-state index contributed by atoms with van der Waals surface area (Å²) in [4.78, 5) is 33.8. The number of benzene rings is 2. The van der Waals surface area contributed by atoms with Gasteiger partial charge in [0.25, 0.3) is 5.91 Å². The second-order valence-electron chi connectivity index (χ2n) is 4.88. The molecule has 5 N–H and O–H groups in total. The Morgan fingerprint density at radius 3 is 2.00 bits per heavy atom. The lowest BCUT2D eigenvalue weighted by atomic mass is 10.1. The SMILES string of the molecule is O=C(O)c1ccc(CNC(=O)c2cc(O)cc(C(=O)O)c2O)cc1. The Morgan fingerprint density at radius 1 is 0.875 bits per heavy atom. The predicted molar refractivity (Wildman–Crippen MR) is 81.3 cm³/mol. The minimum Gasteiger partial charge on any atom is -0.508 e. The van der Waals surface area contributed by atoms with Crippen molar-refractivity contribution >= 4 is 17.8 Å². The molecule has 0 aliphatic rings. The molecule has 0 aliphatic heterocycles. The summed E-state index contributed by atoms with van der Waals surface area (Å²) in [6.07, 6.45) is 0. The number of aromatic carboxylic acids is 2. The van der Waals surface area contributed by atoms with Crippen molar-refractivity contribution in [2.45, 2.75) is 6.54 Å². The van der Waals surface area contributed by atoms with Crippen LogP contribution >= 0.6 is 0 Å². The maximum atomic E-state index is 12.1. The number of hydrogen-bond acceptors (Lipinski definition) is 5. The number of carbonyl (C=O) groups is 3. The Balaban J connectivity index is 2.15. The third-order valence-corrected chi connectivity index (χ3v) is 3.22. The Hall–Kier alpha value is -3.55. The van der Waals surface area contributed by atoms with Gasteiger partial charge in [-0.25, -0.2) is 9.59 Å². The van der Waals surface area contributed by atoms with E-state index in [-0.39, 0.29) is 17.7 Å². The van der Waals surface area contributed by atoms with Crippen LogP contribution in [0.15, 0.2) is 36.4 Å². The van der Waals surface area contributed by atoms with E-state index in [9.17, 15) is 24.6 Å². The standard InChI is InChI=1S/C16H13NO7/c18-10-5-11(13(19)12(6-10)16(23)24)14(20)17-7-8-1-3-9(4-2-8)15(21)22/h1-6,18-19H,7H2,(H,17,20)(H,21,22)(H,23,24). The van der Waals surface area contributed by atoms with E-state index in [1.54, 1.807) is 0 Å². The van der Waals surface area contributed by atoms with E-state index >= 15 is 0 Å². The van der Waals surface area contributed by atoms with E-state index in [2.05, 4.69) is 5.32 Å². The number of carboxylic acids is 2. The Morgan fingerprint density at radius 2 is 1.46 bits per heavy atom. The second-order valence-corrected chi connectivity index (χ2v) is 4.88. The number of phenolic OH excluding ortho intramolecular Hbond substituents is 1. The summed E-state index contributed by atoms with van der Waals surface area (Å²) < 4.78 is 0. The summed E-state index contributed by atoms with van der Waals surface area (Å²) in [5.74, 6) is -4.56. The number of hydrogen-bond donors (Lipinski definition) is 5. The molecule has 8 heteroatoms. The van der Waals surface area contributed by atoms with Crippen LogP contribution in [0.25, 0.3) is 0 Å². The molecular formula is C16H13NO7. The third kappa shape index (κ3) is 3.61. The summed E-state index contributed by atoms with van der Waals surface area (Å²) in [5.41, 5.74) is -0.270. The fourth-order valence-electron chi connectivity index (χ4n) is 2.00. The van der Waals surface area contributed by atoms with Crippen molar-refractivity contribution in [1.82, 2.24) is 5.32 Å². The first-order chi connectivity index (χ1) is 11.3. The van der Waals surface area contributed by atoms with E-state index in [1.807, 2.05) is 0 Å². The molecule has 8 nitrogen and oxygen atoms in total. The van der Waals surface area contributed by atoms with Gasteiger partial charge < -0.3 is 25.7 Å². The highest BCUT2D eigenvalue weighted by atomic mass is 16.4. The van der Waals surface area contributed by atoms with Crippen molar-refractivity contribution in [2.75, 3.05) is 0 Å². The van der Waals surface area contributed by atoms with Crippen molar-refractivity contribution < 1.29 is 34.8 Å². The predicted octanol–water partition coefficient (Wildman–Crippen LogP) is 1.42. The maximum absolute atomic E-state index is 12.1. The van der Waals surface area contributed by atoms with Crippen LogP contribution in [0.5, 0.6) is 11.5 Å². The number of phenols is 2. The van der Waals surface area contributed by atoms with Gasteiger partial charge in [0, 0.05) is 6.54 Å². The summed E-state index contributed by atoms with van der Waals surface area (Å²) in [6.45, 7) is 0.0240. The minimum atomic E-state index is -1.48. The van der Waals surface area contributed by atoms with Crippen LogP contribution in [-0.2, 0) is 6.54 Å². The zero-order valence-corrected chi connectivity index (χ0v) is 12.2. The number of rotatable bonds is 5. The minimum absolute atomic E-state index is 0.0240. The average molecular weight is 331 g/mol. The zero-order valence-electron chi connectivity index (χ0n) is 12.2. The molecule has 2 aromatic rings. The first-order valence-electron chi connectivity index (χ1n) is 6.69. The van der Waals surface area contributed by atoms with Crippen LogP contribution in [0, 0.1) is 0 Å². The number of aromatic hydroxyl groups is 2. The van der Waals surface area contributed by atoms with E-state index in [4.69, 9.17) is 10.2 Å². The monoisotopic (exact) mass is 331 g/mol. The van der Waals surface area contributed by atoms with Crippen LogP contribution in [0.2, 0.25) is 0 Å². The van der Waals surface area contributed by atoms with Gasteiger partial charge in [0.05, 0.1) is 11.1 Å². The normalized spacial score (nSPS) is 10.2. The number of carboxylic acid groups (broad SMARTS) is 2. The first-order valence-corrected chi connectivity index (χ1v) is 6.69. The third-order valence-electron chi connectivity index (χ3n) is 3.22. The van der Waals surface area contributed by atoms with Gasteiger partial charge in [0.1, 0.15) is 17.1 Å².